The second-order valence-corrected chi connectivity index (χ2v) is 5.76. The topological polar surface area (TPSA) is 55.4 Å². The fourth-order valence-corrected chi connectivity index (χ4v) is 2.52. The van der Waals surface area contributed by atoms with E-state index >= 15 is 0 Å². The molecule has 0 saturated carbocycles. The fraction of sp³-hybridized carbons (Fsp3) is 0.222. The lowest BCUT2D eigenvalue weighted by atomic mass is 10.0. The zero-order chi connectivity index (χ0) is 18.4. The highest BCUT2D eigenvalue weighted by atomic mass is 35.5. The molecule has 2 aromatic rings. The molecule has 132 valence electrons. The first kappa shape index (κ1) is 18.9. The van der Waals surface area contributed by atoms with E-state index in [9.17, 15) is 18.4 Å². The number of ether oxygens (including phenoxy) is 1. The van der Waals surface area contributed by atoms with Crippen molar-refractivity contribution in [3.05, 3.63) is 70.2 Å². The molecule has 0 aromatic heterocycles. The van der Waals surface area contributed by atoms with Crippen molar-refractivity contribution in [3.8, 4) is 0 Å². The average Bonchev–Trinajstić information content (AvgIpc) is 2.58. The van der Waals surface area contributed by atoms with E-state index < -0.39 is 29.6 Å². The zero-order valence-corrected chi connectivity index (χ0v) is 14.1. The Morgan fingerprint density at radius 2 is 1.88 bits per heavy atom. The minimum absolute atomic E-state index is 0.0280. The normalized spacial score (nSPS) is 11.7. The van der Waals surface area contributed by atoms with Crippen LogP contribution in [-0.2, 0) is 27.2 Å². The number of carbonyl (C=O) groups is 2. The molecule has 0 unspecified atom stereocenters. The van der Waals surface area contributed by atoms with E-state index in [4.69, 9.17) is 16.3 Å². The number of hydrogen-bond donors (Lipinski definition) is 1. The lowest BCUT2D eigenvalue weighted by molar-refractivity contribution is -0.145. The molecule has 0 saturated heterocycles. The van der Waals surface area contributed by atoms with Gasteiger partial charge in [0, 0.05) is 17.5 Å². The van der Waals surface area contributed by atoms with Gasteiger partial charge in [0.05, 0.1) is 13.5 Å². The van der Waals surface area contributed by atoms with Gasteiger partial charge in [-0.05, 0) is 23.3 Å². The number of methoxy groups -OCH3 is 1. The molecule has 2 aromatic carbocycles. The van der Waals surface area contributed by atoms with E-state index in [-0.39, 0.29) is 18.4 Å². The highest BCUT2D eigenvalue weighted by molar-refractivity contribution is 6.31. The summed E-state index contributed by atoms with van der Waals surface area (Å²) < 4.78 is 31.3. The van der Waals surface area contributed by atoms with Crippen molar-refractivity contribution in [2.75, 3.05) is 7.11 Å². The van der Waals surface area contributed by atoms with Crippen molar-refractivity contribution in [2.24, 2.45) is 0 Å². The van der Waals surface area contributed by atoms with Crippen molar-refractivity contribution >= 4 is 23.5 Å². The quantitative estimate of drug-likeness (QED) is 0.798. The molecule has 7 heteroatoms. The van der Waals surface area contributed by atoms with E-state index in [0.717, 1.165) is 6.07 Å². The Hall–Kier alpha value is -2.47. The molecule has 0 aliphatic heterocycles. The van der Waals surface area contributed by atoms with Crippen LogP contribution in [0.4, 0.5) is 8.78 Å². The minimum Gasteiger partial charge on any atom is -0.467 e. The highest BCUT2D eigenvalue weighted by Gasteiger charge is 2.23. The molecule has 1 N–H and O–H groups in total. The van der Waals surface area contributed by atoms with Gasteiger partial charge in [-0.15, -0.1) is 0 Å². The van der Waals surface area contributed by atoms with Crippen molar-refractivity contribution < 1.29 is 23.1 Å². The van der Waals surface area contributed by atoms with Crippen LogP contribution in [0.25, 0.3) is 0 Å². The van der Waals surface area contributed by atoms with Crippen LogP contribution in [0.15, 0.2) is 42.5 Å². The Bertz CT molecular complexity index is 783. The van der Waals surface area contributed by atoms with Crippen LogP contribution in [0.3, 0.4) is 0 Å². The van der Waals surface area contributed by atoms with Gasteiger partial charge in [-0.2, -0.15) is 0 Å². The summed E-state index contributed by atoms with van der Waals surface area (Å²) in [5.41, 5.74) is 0.688. The maximum Gasteiger partial charge on any atom is 0.328 e. The van der Waals surface area contributed by atoms with Crippen LogP contribution < -0.4 is 5.32 Å². The van der Waals surface area contributed by atoms with Gasteiger partial charge in [0.15, 0.2) is 0 Å². The molecular formula is C18H16ClF2NO3. The molecule has 0 spiro atoms. The SMILES string of the molecule is COC(=O)[C@H](Cc1ccccc1Cl)NC(=O)Cc1ccc(F)cc1F. The Kier molecular flexibility index (Phi) is 6.47. The van der Waals surface area contributed by atoms with Crippen molar-refractivity contribution in [1.82, 2.24) is 5.32 Å². The summed E-state index contributed by atoms with van der Waals surface area (Å²) in [6.07, 6.45) is -0.202. The van der Waals surface area contributed by atoms with Gasteiger partial charge >= 0.3 is 5.97 Å². The smallest absolute Gasteiger partial charge is 0.328 e. The summed E-state index contributed by atoms with van der Waals surface area (Å²) >= 11 is 6.07. The number of rotatable bonds is 6. The summed E-state index contributed by atoms with van der Waals surface area (Å²) in [4.78, 5) is 24.1. The Morgan fingerprint density at radius 3 is 2.52 bits per heavy atom. The predicted octanol–water partition coefficient (Wildman–Crippen LogP) is 3.06. The van der Waals surface area contributed by atoms with Crippen molar-refractivity contribution in [3.63, 3.8) is 0 Å². The monoisotopic (exact) mass is 367 g/mol. The van der Waals surface area contributed by atoms with Crippen LogP contribution in [0, 0.1) is 11.6 Å². The third kappa shape index (κ3) is 5.26. The molecular weight excluding hydrogens is 352 g/mol. The molecule has 0 aliphatic carbocycles. The summed E-state index contributed by atoms with van der Waals surface area (Å²) in [6, 6.07) is 8.87. The van der Waals surface area contributed by atoms with Gasteiger partial charge < -0.3 is 10.1 Å². The van der Waals surface area contributed by atoms with Crippen LogP contribution in [0.5, 0.6) is 0 Å². The van der Waals surface area contributed by atoms with Gasteiger partial charge in [-0.1, -0.05) is 35.9 Å². The molecule has 0 fully saturated rings. The fourth-order valence-electron chi connectivity index (χ4n) is 2.30. The highest BCUT2D eigenvalue weighted by Crippen LogP contribution is 2.17. The number of nitrogens with one attached hydrogen (secondary N) is 1. The summed E-state index contributed by atoms with van der Waals surface area (Å²) in [5.74, 6) is -2.79. The number of benzene rings is 2. The first-order valence-electron chi connectivity index (χ1n) is 7.45. The second-order valence-electron chi connectivity index (χ2n) is 5.35. The maximum absolute atomic E-state index is 13.6. The molecule has 4 nitrogen and oxygen atoms in total. The lowest BCUT2D eigenvalue weighted by Crippen LogP contribution is -2.43. The minimum atomic E-state index is -0.971. The van der Waals surface area contributed by atoms with Crippen LogP contribution in [0.2, 0.25) is 5.02 Å². The number of esters is 1. The van der Waals surface area contributed by atoms with Gasteiger partial charge in [-0.25, -0.2) is 13.6 Å². The second kappa shape index (κ2) is 8.58. The number of carbonyl (C=O) groups excluding carboxylic acids is 2. The van der Waals surface area contributed by atoms with Crippen LogP contribution in [0.1, 0.15) is 11.1 Å². The molecule has 0 aliphatic rings. The predicted molar refractivity (Wildman–Crippen MR) is 89.2 cm³/mol. The Balaban J connectivity index is 2.09. The number of hydrogen-bond acceptors (Lipinski definition) is 3. The van der Waals surface area contributed by atoms with E-state index in [0.29, 0.717) is 16.7 Å². The molecule has 1 amide bonds. The van der Waals surface area contributed by atoms with E-state index in [1.54, 1.807) is 24.3 Å². The molecule has 25 heavy (non-hydrogen) atoms. The lowest BCUT2D eigenvalue weighted by Gasteiger charge is -2.17. The van der Waals surface area contributed by atoms with E-state index in [1.807, 2.05) is 0 Å². The van der Waals surface area contributed by atoms with Crippen LogP contribution in [-0.4, -0.2) is 25.0 Å². The first-order chi connectivity index (χ1) is 11.9. The Labute approximate surface area is 148 Å². The van der Waals surface area contributed by atoms with Gasteiger partial charge in [0.1, 0.15) is 17.7 Å². The van der Waals surface area contributed by atoms with Gasteiger partial charge in [0.2, 0.25) is 5.91 Å². The molecule has 2 rings (SSSR count). The molecule has 1 atom stereocenters. The molecule has 0 radical (unpaired) electrons. The van der Waals surface area contributed by atoms with E-state index in [1.165, 1.54) is 13.2 Å². The number of amides is 1. The van der Waals surface area contributed by atoms with Crippen LogP contribution >= 0.6 is 11.6 Å². The largest absolute Gasteiger partial charge is 0.467 e. The van der Waals surface area contributed by atoms with Crippen molar-refractivity contribution in [1.29, 1.82) is 0 Å². The zero-order valence-electron chi connectivity index (χ0n) is 13.4. The molecule has 0 bridgehead atoms. The van der Waals surface area contributed by atoms with Gasteiger partial charge in [-0.3, -0.25) is 4.79 Å². The first-order valence-corrected chi connectivity index (χ1v) is 7.83. The maximum atomic E-state index is 13.6. The third-order valence-corrected chi connectivity index (χ3v) is 3.94. The summed E-state index contributed by atoms with van der Waals surface area (Å²) in [7, 11) is 1.20. The Morgan fingerprint density at radius 1 is 1.16 bits per heavy atom. The molecule has 0 heterocycles. The third-order valence-electron chi connectivity index (χ3n) is 3.57. The van der Waals surface area contributed by atoms with E-state index in [2.05, 4.69) is 5.32 Å². The van der Waals surface area contributed by atoms with Gasteiger partial charge in [0.25, 0.3) is 0 Å². The average molecular weight is 368 g/mol. The van der Waals surface area contributed by atoms with Crippen molar-refractivity contribution in [2.45, 2.75) is 18.9 Å². The standard InChI is InChI=1S/C18H16ClF2NO3/c1-25-18(24)16(8-11-4-2-3-5-14(11)19)22-17(23)9-12-6-7-13(20)10-15(12)21/h2-7,10,16H,8-9H2,1H3,(H,22,23)/t16-/m0/s1. The number of halogens is 3. The summed E-state index contributed by atoms with van der Waals surface area (Å²) in [6.45, 7) is 0. The summed E-state index contributed by atoms with van der Waals surface area (Å²) in [5, 5.41) is 2.96.